The average Bonchev–Trinajstić information content (AvgIpc) is 2.51. The number of ether oxygens (including phenoxy) is 1. The van der Waals surface area contributed by atoms with Crippen LogP contribution in [0.1, 0.15) is 31.1 Å². The first-order valence-corrected chi connectivity index (χ1v) is 8.76. The van der Waals surface area contributed by atoms with Crippen LogP contribution in [0, 0.1) is 20.2 Å². The van der Waals surface area contributed by atoms with Crippen LogP contribution in [0.3, 0.4) is 0 Å². The smallest absolute Gasteiger partial charge is 0.341 e. The summed E-state index contributed by atoms with van der Waals surface area (Å²) in [4.78, 5) is 35.0. The summed E-state index contributed by atoms with van der Waals surface area (Å²) in [5.74, 6) is -0.920. The summed E-state index contributed by atoms with van der Waals surface area (Å²) in [6.07, 6.45) is 0. The number of aliphatic hydroxyl groups excluding tert-OH is 1. The Labute approximate surface area is 158 Å². The number of carbonyl (C=O) groups is 1. The van der Waals surface area contributed by atoms with Crippen LogP contribution in [0.2, 0.25) is 0 Å². The molecule has 0 heterocycles. The quantitative estimate of drug-likeness (QED) is 0.285. The highest BCUT2D eigenvalue weighted by molar-refractivity contribution is 9.09. The predicted octanol–water partition coefficient (Wildman–Crippen LogP) is 2.65. The topological polar surface area (TPSA) is 136 Å². The number of hydrogen-bond donors (Lipinski definition) is 1. The fraction of sp³-hybridized carbons (Fsp3) is 0.533. The van der Waals surface area contributed by atoms with Gasteiger partial charge in [-0.3, -0.25) is 20.2 Å². The highest BCUT2D eigenvalue weighted by Crippen LogP contribution is 2.37. The number of rotatable bonds is 8. The fourth-order valence-corrected chi connectivity index (χ4v) is 2.66. The van der Waals surface area contributed by atoms with Gasteiger partial charge in [-0.25, -0.2) is 4.79 Å². The molecule has 0 radical (unpaired) electrons. The van der Waals surface area contributed by atoms with Crippen molar-refractivity contribution in [2.24, 2.45) is 0 Å². The number of alkyl halides is 1. The molecule has 10 nitrogen and oxygen atoms in total. The van der Waals surface area contributed by atoms with Crippen LogP contribution in [-0.4, -0.2) is 51.5 Å². The molecular weight excluding hydrogens is 414 g/mol. The molecule has 0 fully saturated rings. The molecule has 0 aliphatic heterocycles. The van der Waals surface area contributed by atoms with E-state index < -0.39 is 32.8 Å². The van der Waals surface area contributed by atoms with E-state index in [2.05, 4.69) is 15.9 Å². The molecule has 1 aromatic rings. The van der Waals surface area contributed by atoms with E-state index in [1.54, 1.807) is 20.8 Å². The first kappa shape index (κ1) is 21.8. The Morgan fingerprint density at radius 2 is 1.85 bits per heavy atom. The number of halogens is 1. The Bertz CT molecular complexity index is 697. The zero-order valence-corrected chi connectivity index (χ0v) is 16.2. The Morgan fingerprint density at radius 3 is 2.27 bits per heavy atom. The lowest BCUT2D eigenvalue weighted by Crippen LogP contribution is -2.32. The van der Waals surface area contributed by atoms with Crippen molar-refractivity contribution in [3.8, 4) is 0 Å². The van der Waals surface area contributed by atoms with Gasteiger partial charge in [0.15, 0.2) is 0 Å². The summed E-state index contributed by atoms with van der Waals surface area (Å²) in [7, 11) is 0. The first-order chi connectivity index (χ1) is 12.0. The van der Waals surface area contributed by atoms with Gasteiger partial charge < -0.3 is 14.7 Å². The summed E-state index contributed by atoms with van der Waals surface area (Å²) in [5, 5.41) is 32.3. The lowest BCUT2D eigenvalue weighted by Gasteiger charge is -2.26. The Hall–Kier alpha value is -2.27. The van der Waals surface area contributed by atoms with E-state index in [-0.39, 0.29) is 30.9 Å². The zero-order chi connectivity index (χ0) is 20.1. The van der Waals surface area contributed by atoms with Crippen LogP contribution < -0.4 is 4.90 Å². The zero-order valence-electron chi connectivity index (χ0n) is 14.6. The number of hydrogen-bond acceptors (Lipinski definition) is 8. The first-order valence-electron chi connectivity index (χ1n) is 7.63. The van der Waals surface area contributed by atoms with Crippen molar-refractivity contribution in [3.63, 3.8) is 0 Å². The number of aliphatic hydroxyl groups is 1. The van der Waals surface area contributed by atoms with Gasteiger partial charge in [-0.15, -0.1) is 0 Å². The van der Waals surface area contributed by atoms with E-state index >= 15 is 0 Å². The summed E-state index contributed by atoms with van der Waals surface area (Å²) in [6.45, 7) is 4.74. The van der Waals surface area contributed by atoms with Gasteiger partial charge in [0.2, 0.25) is 0 Å². The van der Waals surface area contributed by atoms with E-state index in [9.17, 15) is 30.1 Å². The molecule has 1 N–H and O–H groups in total. The number of non-ortho nitro benzene ring substituents is 1. The molecule has 0 saturated carbocycles. The maximum absolute atomic E-state index is 12.6. The number of nitro benzene ring substituents is 2. The Kier molecular flexibility index (Phi) is 7.45. The molecule has 1 rings (SSSR count). The van der Waals surface area contributed by atoms with Crippen LogP contribution in [0.4, 0.5) is 17.1 Å². The van der Waals surface area contributed by atoms with E-state index in [1.807, 2.05) is 0 Å². The molecule has 0 amide bonds. The third-order valence-corrected chi connectivity index (χ3v) is 3.50. The molecule has 0 saturated heterocycles. The normalized spacial score (nSPS) is 11.1. The summed E-state index contributed by atoms with van der Waals surface area (Å²) in [5.41, 5.74) is -2.51. The number of benzene rings is 1. The summed E-state index contributed by atoms with van der Waals surface area (Å²) >= 11 is 3.21. The molecule has 0 aromatic heterocycles. The number of esters is 1. The molecule has 144 valence electrons. The minimum atomic E-state index is -0.920. The van der Waals surface area contributed by atoms with Gasteiger partial charge in [0.1, 0.15) is 11.3 Å². The maximum atomic E-state index is 12.6. The second kappa shape index (κ2) is 8.90. The second-order valence-corrected chi connectivity index (χ2v) is 7.07. The molecule has 11 heteroatoms. The van der Waals surface area contributed by atoms with Crippen LogP contribution in [0.5, 0.6) is 0 Å². The van der Waals surface area contributed by atoms with Gasteiger partial charge in [0.25, 0.3) is 11.4 Å². The van der Waals surface area contributed by atoms with Gasteiger partial charge in [0, 0.05) is 24.5 Å². The number of carbonyl (C=O) groups excluding carboxylic acids is 1. The minimum absolute atomic E-state index is 0.0000484. The van der Waals surface area contributed by atoms with Crippen LogP contribution in [0.25, 0.3) is 0 Å². The Morgan fingerprint density at radius 1 is 1.23 bits per heavy atom. The van der Waals surface area contributed by atoms with Crippen molar-refractivity contribution in [1.82, 2.24) is 0 Å². The predicted molar refractivity (Wildman–Crippen MR) is 98.0 cm³/mol. The largest absolute Gasteiger partial charge is 0.456 e. The minimum Gasteiger partial charge on any atom is -0.456 e. The Balaban J connectivity index is 3.71. The summed E-state index contributed by atoms with van der Waals surface area (Å²) < 4.78 is 5.26. The molecule has 0 unspecified atom stereocenters. The highest BCUT2D eigenvalue weighted by Gasteiger charge is 2.32. The van der Waals surface area contributed by atoms with Crippen LogP contribution in [0.15, 0.2) is 12.1 Å². The van der Waals surface area contributed by atoms with E-state index in [1.165, 1.54) is 4.90 Å². The molecule has 26 heavy (non-hydrogen) atoms. The van der Waals surface area contributed by atoms with Gasteiger partial charge >= 0.3 is 5.97 Å². The molecule has 0 aliphatic rings. The van der Waals surface area contributed by atoms with Crippen molar-refractivity contribution >= 4 is 39.0 Å². The van der Waals surface area contributed by atoms with E-state index in [0.717, 1.165) is 12.1 Å². The standard InChI is InChI=1S/C15H20BrN3O7/c1-15(2,3)26-14(21)11-8-10(18(22)23)9-12(19(24)25)13(11)17(5-4-16)6-7-20/h8-9,20H,4-7H2,1-3H3. The fourth-order valence-electron chi connectivity index (χ4n) is 2.23. The molecular formula is C15H20BrN3O7. The van der Waals surface area contributed by atoms with Gasteiger partial charge in [-0.1, -0.05) is 15.9 Å². The lowest BCUT2D eigenvalue weighted by molar-refractivity contribution is -0.393. The molecule has 0 bridgehead atoms. The van der Waals surface area contributed by atoms with Crippen molar-refractivity contribution in [1.29, 1.82) is 0 Å². The molecule has 0 aliphatic carbocycles. The third-order valence-electron chi connectivity index (χ3n) is 3.14. The number of nitrogens with zero attached hydrogens (tertiary/aromatic N) is 3. The van der Waals surface area contributed by atoms with Gasteiger partial charge in [-0.2, -0.15) is 0 Å². The molecule has 0 atom stereocenters. The van der Waals surface area contributed by atoms with E-state index in [4.69, 9.17) is 4.74 Å². The van der Waals surface area contributed by atoms with Crippen LogP contribution >= 0.6 is 15.9 Å². The van der Waals surface area contributed by atoms with Crippen molar-refractivity contribution in [2.75, 3.05) is 29.9 Å². The maximum Gasteiger partial charge on any atom is 0.341 e. The van der Waals surface area contributed by atoms with Crippen molar-refractivity contribution in [3.05, 3.63) is 37.9 Å². The number of nitro groups is 2. The lowest BCUT2D eigenvalue weighted by atomic mass is 10.1. The van der Waals surface area contributed by atoms with Gasteiger partial charge in [-0.05, 0) is 20.8 Å². The van der Waals surface area contributed by atoms with Gasteiger partial charge in [0.05, 0.1) is 28.1 Å². The molecule has 1 aromatic carbocycles. The SMILES string of the molecule is CC(C)(C)OC(=O)c1cc([N+](=O)[O-])cc([N+](=O)[O-])c1N(CCO)CCBr. The third kappa shape index (κ3) is 5.63. The average molecular weight is 434 g/mol. The summed E-state index contributed by atoms with van der Waals surface area (Å²) in [6, 6.07) is 1.75. The monoisotopic (exact) mass is 433 g/mol. The molecule has 0 spiro atoms. The van der Waals surface area contributed by atoms with Crippen molar-refractivity contribution in [2.45, 2.75) is 26.4 Å². The number of anilines is 1. The highest BCUT2D eigenvalue weighted by atomic mass is 79.9. The van der Waals surface area contributed by atoms with Crippen LogP contribution in [-0.2, 0) is 4.74 Å². The second-order valence-electron chi connectivity index (χ2n) is 6.28. The van der Waals surface area contributed by atoms with Crippen molar-refractivity contribution < 1.29 is 24.5 Å². The van der Waals surface area contributed by atoms with E-state index in [0.29, 0.717) is 5.33 Å².